The third kappa shape index (κ3) is 4.53. The zero-order valence-electron chi connectivity index (χ0n) is 16.8. The molecule has 2 atom stereocenters. The van der Waals surface area contributed by atoms with Crippen molar-refractivity contribution in [3.05, 3.63) is 53.1 Å². The predicted octanol–water partition coefficient (Wildman–Crippen LogP) is 2.74. The summed E-state index contributed by atoms with van der Waals surface area (Å²) in [6.45, 7) is 0.359. The molecule has 2 aromatic rings. The number of aliphatic imine (C=N–C) groups is 1. The summed E-state index contributed by atoms with van der Waals surface area (Å²) in [6, 6.07) is 12.1. The van der Waals surface area contributed by atoms with Gasteiger partial charge in [0.1, 0.15) is 5.75 Å². The lowest BCUT2D eigenvalue weighted by Gasteiger charge is -2.24. The lowest BCUT2D eigenvalue weighted by atomic mass is 10.1. The first-order valence-corrected chi connectivity index (χ1v) is 13.0. The van der Waals surface area contributed by atoms with Gasteiger partial charge < -0.3 is 19.1 Å². The van der Waals surface area contributed by atoms with Crippen molar-refractivity contribution in [2.24, 2.45) is 4.99 Å². The van der Waals surface area contributed by atoms with Crippen LogP contribution in [0.3, 0.4) is 0 Å². The summed E-state index contributed by atoms with van der Waals surface area (Å²) in [4.78, 5) is 18.7. The highest BCUT2D eigenvalue weighted by molar-refractivity contribution is 8.15. The molecule has 3 aliphatic rings. The number of hydrogen-bond donors (Lipinski definition) is 0. The summed E-state index contributed by atoms with van der Waals surface area (Å²) >= 11 is 7.19. The minimum atomic E-state index is -3.12. The van der Waals surface area contributed by atoms with Gasteiger partial charge in [0.2, 0.25) is 6.79 Å². The van der Waals surface area contributed by atoms with Gasteiger partial charge in [-0.2, -0.15) is 4.99 Å². The van der Waals surface area contributed by atoms with Gasteiger partial charge in [-0.15, -0.1) is 0 Å². The Balaban J connectivity index is 1.34. The third-order valence-electron chi connectivity index (χ3n) is 5.36. The van der Waals surface area contributed by atoms with E-state index in [1.807, 2.05) is 23.1 Å². The summed E-state index contributed by atoms with van der Waals surface area (Å²) in [5, 5.41) is 0.932. The number of thioether (sulfide) groups is 1. The van der Waals surface area contributed by atoms with Crippen LogP contribution in [0, 0.1) is 0 Å². The van der Waals surface area contributed by atoms with Crippen molar-refractivity contribution in [2.75, 3.05) is 24.9 Å². The molecule has 11 heteroatoms. The Morgan fingerprint density at radius 2 is 1.94 bits per heavy atom. The summed E-state index contributed by atoms with van der Waals surface area (Å²) in [7, 11) is -3.12. The Morgan fingerprint density at radius 3 is 2.75 bits per heavy atom. The Morgan fingerprint density at radius 1 is 1.16 bits per heavy atom. The monoisotopic (exact) mass is 494 g/mol. The molecule has 3 heterocycles. The van der Waals surface area contributed by atoms with Crippen LogP contribution in [0.4, 0.5) is 0 Å². The number of fused-ring (bicyclic) bond motifs is 2. The largest absolute Gasteiger partial charge is 0.484 e. The molecule has 0 aromatic heterocycles. The molecule has 0 spiro atoms. The standard InChI is InChI=1S/C21H19ClN2O6S2/c22-14-2-4-15(5-3-14)28-9-20(25)23-21-24(16-10-32(26,27)11-19(16)31-21)8-13-1-6-17-18(7-13)30-12-29-17/h1-7,16,19H,8-12H2/t16-,19+/m1/s1. The summed E-state index contributed by atoms with van der Waals surface area (Å²) in [5.41, 5.74) is 0.914. The van der Waals surface area contributed by atoms with Crippen molar-refractivity contribution in [3.63, 3.8) is 0 Å². The highest BCUT2D eigenvalue weighted by atomic mass is 35.5. The number of sulfone groups is 1. The van der Waals surface area contributed by atoms with Crippen molar-refractivity contribution >= 4 is 44.3 Å². The molecule has 168 valence electrons. The quantitative estimate of drug-likeness (QED) is 0.626. The van der Waals surface area contributed by atoms with E-state index >= 15 is 0 Å². The molecule has 8 nitrogen and oxygen atoms in total. The smallest absolute Gasteiger partial charge is 0.285 e. The van der Waals surface area contributed by atoms with Gasteiger partial charge in [0.25, 0.3) is 5.91 Å². The van der Waals surface area contributed by atoms with Crippen molar-refractivity contribution in [2.45, 2.75) is 17.8 Å². The molecular weight excluding hydrogens is 476 g/mol. The van der Waals surface area contributed by atoms with Gasteiger partial charge in [-0.3, -0.25) is 4.79 Å². The highest BCUT2D eigenvalue weighted by Gasteiger charge is 2.48. The van der Waals surface area contributed by atoms with E-state index < -0.39 is 15.7 Å². The minimum Gasteiger partial charge on any atom is -0.484 e. The van der Waals surface area contributed by atoms with Crippen LogP contribution in [-0.2, 0) is 21.2 Å². The van der Waals surface area contributed by atoms with Crippen LogP contribution >= 0.6 is 23.4 Å². The topological polar surface area (TPSA) is 94.5 Å². The van der Waals surface area contributed by atoms with E-state index in [9.17, 15) is 13.2 Å². The number of ether oxygens (including phenoxy) is 3. The molecule has 32 heavy (non-hydrogen) atoms. The lowest BCUT2D eigenvalue weighted by molar-refractivity contribution is -0.119. The van der Waals surface area contributed by atoms with E-state index in [2.05, 4.69) is 4.99 Å². The fraction of sp³-hybridized carbons (Fsp3) is 0.333. The number of rotatable bonds is 5. The van der Waals surface area contributed by atoms with Crippen LogP contribution in [0.25, 0.3) is 0 Å². The molecule has 0 saturated carbocycles. The summed E-state index contributed by atoms with van der Waals surface area (Å²) in [5.74, 6) is 1.52. The Bertz CT molecular complexity index is 1190. The van der Waals surface area contributed by atoms with E-state index in [1.165, 1.54) is 11.8 Å². The van der Waals surface area contributed by atoms with Crippen LogP contribution in [0.2, 0.25) is 5.02 Å². The van der Waals surface area contributed by atoms with E-state index in [-0.39, 0.29) is 36.2 Å². The second-order valence-electron chi connectivity index (χ2n) is 7.65. The molecular formula is C21H19ClN2O6S2. The summed E-state index contributed by atoms with van der Waals surface area (Å²) < 4.78 is 40.7. The molecule has 0 N–H and O–H groups in total. The Hall–Kier alpha value is -2.43. The van der Waals surface area contributed by atoms with Crippen LogP contribution in [-0.4, -0.2) is 60.6 Å². The maximum atomic E-state index is 12.5. The second-order valence-corrected chi connectivity index (χ2v) is 11.4. The Labute approximate surface area is 194 Å². The van der Waals surface area contributed by atoms with Gasteiger partial charge in [-0.25, -0.2) is 8.42 Å². The molecule has 0 radical (unpaired) electrons. The fourth-order valence-corrected chi connectivity index (χ4v) is 7.97. The van der Waals surface area contributed by atoms with E-state index in [1.54, 1.807) is 24.3 Å². The van der Waals surface area contributed by atoms with Crippen molar-refractivity contribution in [3.8, 4) is 17.2 Å². The summed E-state index contributed by atoms with van der Waals surface area (Å²) in [6.07, 6.45) is 0. The minimum absolute atomic E-state index is 0.0453. The number of amidine groups is 1. The number of nitrogens with zero attached hydrogens (tertiary/aromatic N) is 2. The van der Waals surface area contributed by atoms with Gasteiger partial charge in [-0.1, -0.05) is 29.4 Å². The molecule has 2 saturated heterocycles. The predicted molar refractivity (Wildman–Crippen MR) is 121 cm³/mol. The van der Waals surface area contributed by atoms with Gasteiger partial charge >= 0.3 is 0 Å². The van der Waals surface area contributed by atoms with E-state index in [0.717, 1.165) is 5.56 Å². The maximum Gasteiger partial charge on any atom is 0.285 e. The molecule has 3 aliphatic heterocycles. The highest BCUT2D eigenvalue weighted by Crippen LogP contribution is 2.40. The number of benzene rings is 2. The zero-order valence-corrected chi connectivity index (χ0v) is 19.2. The van der Waals surface area contributed by atoms with Crippen molar-refractivity contribution in [1.29, 1.82) is 0 Å². The molecule has 1 amide bonds. The first-order valence-electron chi connectivity index (χ1n) is 9.88. The first-order chi connectivity index (χ1) is 15.4. The number of amides is 1. The molecule has 0 bridgehead atoms. The van der Waals surface area contributed by atoms with Gasteiger partial charge in [0.05, 0.1) is 17.5 Å². The third-order valence-corrected chi connectivity index (χ3v) is 8.86. The molecule has 0 unspecified atom stereocenters. The van der Waals surface area contributed by atoms with Crippen LogP contribution < -0.4 is 14.2 Å². The Kier molecular flexibility index (Phi) is 5.68. The average molecular weight is 495 g/mol. The van der Waals surface area contributed by atoms with Gasteiger partial charge in [0.15, 0.2) is 33.1 Å². The molecule has 2 aromatic carbocycles. The van der Waals surface area contributed by atoms with E-state index in [0.29, 0.717) is 34.0 Å². The number of carbonyl (C=O) groups is 1. The lowest BCUT2D eigenvalue weighted by Crippen LogP contribution is -2.37. The van der Waals surface area contributed by atoms with Gasteiger partial charge in [0, 0.05) is 16.8 Å². The number of halogens is 1. The molecule has 2 fully saturated rings. The first kappa shape index (κ1) is 21.4. The average Bonchev–Trinajstić information content (AvgIpc) is 3.41. The van der Waals surface area contributed by atoms with Crippen molar-refractivity contribution < 1.29 is 27.4 Å². The van der Waals surface area contributed by atoms with E-state index in [4.69, 9.17) is 25.8 Å². The fourth-order valence-electron chi connectivity index (χ4n) is 3.87. The van der Waals surface area contributed by atoms with Crippen LogP contribution in [0.5, 0.6) is 17.2 Å². The SMILES string of the molecule is O=C(COc1ccc(Cl)cc1)N=C1S[C@H]2CS(=O)(=O)C[C@H]2N1Cc1ccc2c(c1)OCO2. The number of carbonyl (C=O) groups excluding carboxylic acids is 1. The maximum absolute atomic E-state index is 12.5. The molecule has 5 rings (SSSR count). The normalized spacial score (nSPS) is 24.0. The zero-order chi connectivity index (χ0) is 22.3. The molecule has 0 aliphatic carbocycles. The van der Waals surface area contributed by atoms with Gasteiger partial charge in [-0.05, 0) is 42.0 Å². The van der Waals surface area contributed by atoms with Crippen LogP contribution in [0.1, 0.15) is 5.56 Å². The van der Waals surface area contributed by atoms with Crippen molar-refractivity contribution in [1.82, 2.24) is 4.90 Å². The number of hydrogen-bond acceptors (Lipinski definition) is 7. The van der Waals surface area contributed by atoms with Crippen LogP contribution in [0.15, 0.2) is 47.5 Å². The second kappa shape index (κ2) is 8.49.